The zero-order valence-corrected chi connectivity index (χ0v) is 10.4. The molecule has 86 valence electrons. The summed E-state index contributed by atoms with van der Waals surface area (Å²) in [6, 6.07) is 4.37. The summed E-state index contributed by atoms with van der Waals surface area (Å²) < 4.78 is 5.38. The summed E-state index contributed by atoms with van der Waals surface area (Å²) in [6.07, 6.45) is 2.86. The molecule has 0 aliphatic rings. The maximum absolute atomic E-state index is 5.38. The Kier molecular flexibility index (Phi) is 3.74. The Hall–Kier alpha value is -1.13. The monoisotopic (exact) mass is 236 g/mol. The van der Waals surface area contributed by atoms with Crippen molar-refractivity contribution in [2.45, 2.75) is 33.4 Å². The number of aromatic nitrogens is 1. The molecule has 2 rings (SSSR count). The molecule has 2 heterocycles. The first kappa shape index (κ1) is 11.4. The van der Waals surface area contributed by atoms with E-state index < -0.39 is 0 Å². The van der Waals surface area contributed by atoms with Crippen molar-refractivity contribution >= 4 is 11.3 Å². The number of hydrogen-bond donors (Lipinski definition) is 1. The highest BCUT2D eigenvalue weighted by molar-refractivity contribution is 7.11. The van der Waals surface area contributed by atoms with Gasteiger partial charge >= 0.3 is 0 Å². The molecule has 0 aliphatic heterocycles. The van der Waals surface area contributed by atoms with Crippen LogP contribution in [0.3, 0.4) is 0 Å². The second-order valence-corrected chi connectivity index (χ2v) is 4.94. The van der Waals surface area contributed by atoms with Crippen LogP contribution in [0.4, 0.5) is 0 Å². The van der Waals surface area contributed by atoms with Crippen LogP contribution >= 0.6 is 11.3 Å². The van der Waals surface area contributed by atoms with Crippen LogP contribution in [0.5, 0.6) is 0 Å². The molecule has 2 aromatic rings. The molecule has 0 spiro atoms. The Morgan fingerprint density at radius 1 is 1.31 bits per heavy atom. The van der Waals surface area contributed by atoms with E-state index in [1.165, 1.54) is 9.75 Å². The van der Waals surface area contributed by atoms with Gasteiger partial charge in [0.1, 0.15) is 5.76 Å². The number of aryl methyl sites for hydroxylation is 2. The average Bonchev–Trinajstić information content (AvgIpc) is 2.88. The molecule has 0 unspecified atom stereocenters. The van der Waals surface area contributed by atoms with Crippen LogP contribution in [0.1, 0.15) is 28.3 Å². The number of rotatable bonds is 5. The second-order valence-electron chi connectivity index (χ2n) is 3.69. The molecule has 2 aromatic heterocycles. The van der Waals surface area contributed by atoms with Gasteiger partial charge in [-0.15, -0.1) is 11.3 Å². The summed E-state index contributed by atoms with van der Waals surface area (Å²) in [5.74, 6) is 1.62. The molecule has 4 heteroatoms. The van der Waals surface area contributed by atoms with E-state index in [-0.39, 0.29) is 0 Å². The first-order valence-electron chi connectivity index (χ1n) is 5.47. The third-order valence-corrected chi connectivity index (χ3v) is 3.54. The lowest BCUT2D eigenvalue weighted by molar-refractivity contribution is 0.449. The molecule has 0 amide bonds. The smallest absolute Gasteiger partial charge is 0.208 e. The Bertz CT molecular complexity index is 447. The zero-order valence-electron chi connectivity index (χ0n) is 9.62. The van der Waals surface area contributed by atoms with Gasteiger partial charge in [-0.2, -0.15) is 0 Å². The summed E-state index contributed by atoms with van der Waals surface area (Å²) in [6.45, 7) is 5.65. The maximum atomic E-state index is 5.38. The highest BCUT2D eigenvalue weighted by Gasteiger charge is 2.01. The first-order valence-corrected chi connectivity index (χ1v) is 6.29. The predicted octanol–water partition coefficient (Wildman–Crippen LogP) is 2.90. The maximum Gasteiger partial charge on any atom is 0.208 e. The van der Waals surface area contributed by atoms with Crippen molar-refractivity contribution in [2.75, 3.05) is 0 Å². The van der Waals surface area contributed by atoms with E-state index in [9.17, 15) is 0 Å². The van der Waals surface area contributed by atoms with Crippen molar-refractivity contribution < 1.29 is 4.42 Å². The molecule has 16 heavy (non-hydrogen) atoms. The summed E-state index contributed by atoms with van der Waals surface area (Å²) in [4.78, 5) is 6.94. The van der Waals surface area contributed by atoms with Crippen LogP contribution in [-0.2, 0) is 19.5 Å². The zero-order chi connectivity index (χ0) is 11.4. The Morgan fingerprint density at radius 3 is 2.75 bits per heavy atom. The SMILES string of the molecule is CCc1ccc(CNCc2ncc(C)o2)s1. The number of hydrogen-bond acceptors (Lipinski definition) is 4. The van der Waals surface area contributed by atoms with Crippen LogP contribution in [-0.4, -0.2) is 4.98 Å². The van der Waals surface area contributed by atoms with E-state index in [1.807, 2.05) is 18.3 Å². The number of nitrogens with zero attached hydrogens (tertiary/aromatic N) is 1. The van der Waals surface area contributed by atoms with Gasteiger partial charge in [0.05, 0.1) is 12.7 Å². The molecule has 1 N–H and O–H groups in total. The summed E-state index contributed by atoms with van der Waals surface area (Å²) in [5.41, 5.74) is 0. The van der Waals surface area contributed by atoms with Gasteiger partial charge in [-0.25, -0.2) is 4.98 Å². The lowest BCUT2D eigenvalue weighted by Crippen LogP contribution is -2.11. The fraction of sp³-hybridized carbons (Fsp3) is 0.417. The van der Waals surface area contributed by atoms with E-state index in [0.29, 0.717) is 6.54 Å². The minimum atomic E-state index is 0.688. The van der Waals surface area contributed by atoms with Gasteiger partial charge in [-0.05, 0) is 25.5 Å². The van der Waals surface area contributed by atoms with Crippen molar-refractivity contribution in [2.24, 2.45) is 0 Å². The van der Waals surface area contributed by atoms with Crippen molar-refractivity contribution in [1.29, 1.82) is 0 Å². The summed E-state index contributed by atoms with van der Waals surface area (Å²) >= 11 is 1.86. The molecule has 0 aliphatic carbocycles. The number of oxazole rings is 1. The minimum Gasteiger partial charge on any atom is -0.445 e. The van der Waals surface area contributed by atoms with Gasteiger partial charge in [0.15, 0.2) is 0 Å². The summed E-state index contributed by atoms with van der Waals surface area (Å²) in [7, 11) is 0. The van der Waals surface area contributed by atoms with Gasteiger partial charge in [0.2, 0.25) is 5.89 Å². The van der Waals surface area contributed by atoms with Gasteiger partial charge in [-0.3, -0.25) is 0 Å². The largest absolute Gasteiger partial charge is 0.445 e. The molecule has 0 saturated heterocycles. The quantitative estimate of drug-likeness (QED) is 0.867. The van der Waals surface area contributed by atoms with Crippen molar-refractivity contribution in [3.05, 3.63) is 39.7 Å². The Morgan fingerprint density at radius 2 is 2.12 bits per heavy atom. The minimum absolute atomic E-state index is 0.688. The first-order chi connectivity index (χ1) is 7.78. The predicted molar refractivity (Wildman–Crippen MR) is 65.5 cm³/mol. The highest BCUT2D eigenvalue weighted by atomic mass is 32.1. The second kappa shape index (κ2) is 5.27. The Balaban J connectivity index is 1.79. The van der Waals surface area contributed by atoms with Crippen LogP contribution in [0.2, 0.25) is 0 Å². The van der Waals surface area contributed by atoms with Gasteiger partial charge in [-0.1, -0.05) is 6.92 Å². The highest BCUT2D eigenvalue weighted by Crippen LogP contribution is 2.16. The van der Waals surface area contributed by atoms with E-state index >= 15 is 0 Å². The number of thiophene rings is 1. The fourth-order valence-corrected chi connectivity index (χ4v) is 2.41. The third kappa shape index (κ3) is 2.93. The molecular formula is C12H16N2OS. The molecule has 0 bridgehead atoms. The van der Waals surface area contributed by atoms with E-state index in [2.05, 4.69) is 29.4 Å². The van der Waals surface area contributed by atoms with Crippen LogP contribution in [0.15, 0.2) is 22.7 Å². The van der Waals surface area contributed by atoms with Crippen molar-refractivity contribution in [1.82, 2.24) is 10.3 Å². The molecule has 0 radical (unpaired) electrons. The number of nitrogens with one attached hydrogen (secondary N) is 1. The lowest BCUT2D eigenvalue weighted by atomic mass is 10.3. The van der Waals surface area contributed by atoms with E-state index in [0.717, 1.165) is 24.6 Å². The van der Waals surface area contributed by atoms with Crippen molar-refractivity contribution in [3.63, 3.8) is 0 Å². The molecular weight excluding hydrogens is 220 g/mol. The molecule has 0 atom stereocenters. The summed E-state index contributed by atoms with van der Waals surface area (Å²) in [5, 5.41) is 3.32. The van der Waals surface area contributed by atoms with Gasteiger partial charge in [0.25, 0.3) is 0 Å². The topological polar surface area (TPSA) is 38.1 Å². The Labute approximate surface area is 99.5 Å². The van der Waals surface area contributed by atoms with E-state index in [4.69, 9.17) is 4.42 Å². The normalized spacial score (nSPS) is 10.9. The van der Waals surface area contributed by atoms with Gasteiger partial charge < -0.3 is 9.73 Å². The lowest BCUT2D eigenvalue weighted by Gasteiger charge is -1.98. The van der Waals surface area contributed by atoms with Gasteiger partial charge in [0, 0.05) is 16.3 Å². The fourth-order valence-electron chi connectivity index (χ4n) is 1.48. The van der Waals surface area contributed by atoms with E-state index in [1.54, 1.807) is 6.20 Å². The van der Waals surface area contributed by atoms with Crippen LogP contribution < -0.4 is 5.32 Å². The average molecular weight is 236 g/mol. The van der Waals surface area contributed by atoms with Crippen molar-refractivity contribution in [3.8, 4) is 0 Å². The van der Waals surface area contributed by atoms with Crippen LogP contribution in [0, 0.1) is 6.92 Å². The van der Waals surface area contributed by atoms with Crippen LogP contribution in [0.25, 0.3) is 0 Å². The molecule has 0 aromatic carbocycles. The molecule has 0 fully saturated rings. The standard InChI is InChI=1S/C12H16N2OS/c1-3-10-4-5-11(16-10)7-13-8-12-14-6-9(2)15-12/h4-6,13H,3,7-8H2,1-2H3. The molecule has 0 saturated carbocycles. The third-order valence-electron chi connectivity index (χ3n) is 2.31. The molecule has 3 nitrogen and oxygen atoms in total.